The molecule has 0 aliphatic heterocycles. The SMILES string of the molecule is CCCCCCCC/C=C\CCCCCCCCCC(=O)OCCCCCCCCCC/C=C\CCCCCCCCCC(=O)NC(CO)C(O)/C=C/CCCCCCCCCC. The van der Waals surface area contributed by atoms with Crippen molar-refractivity contribution in [3.05, 3.63) is 36.5 Å². The highest BCUT2D eigenvalue weighted by Crippen LogP contribution is 2.15. The molecule has 0 heterocycles. The molecule has 0 aliphatic carbocycles. The molecule has 0 radical (unpaired) electrons. The molecule has 0 aromatic carbocycles. The van der Waals surface area contributed by atoms with Crippen LogP contribution in [-0.2, 0) is 14.3 Å². The fourth-order valence-electron chi connectivity index (χ4n) is 8.33. The normalized spacial score (nSPS) is 12.9. The molecule has 370 valence electrons. The number of allylic oxidation sites excluding steroid dienone is 5. The molecule has 0 bridgehead atoms. The van der Waals surface area contributed by atoms with Gasteiger partial charge >= 0.3 is 5.97 Å². The summed E-state index contributed by atoms with van der Waals surface area (Å²) >= 11 is 0. The van der Waals surface area contributed by atoms with Crippen molar-refractivity contribution in [3.63, 3.8) is 0 Å². The van der Waals surface area contributed by atoms with E-state index >= 15 is 0 Å². The van der Waals surface area contributed by atoms with Crippen molar-refractivity contribution >= 4 is 11.9 Å². The third-order valence-corrected chi connectivity index (χ3v) is 12.6. The zero-order valence-corrected chi connectivity index (χ0v) is 42.1. The van der Waals surface area contributed by atoms with Crippen LogP contribution in [0, 0.1) is 0 Å². The number of nitrogens with one attached hydrogen (secondary N) is 1. The number of ether oxygens (including phenoxy) is 1. The number of hydrogen-bond acceptors (Lipinski definition) is 5. The number of aliphatic hydroxyl groups excluding tert-OH is 2. The molecule has 1 amide bonds. The summed E-state index contributed by atoms with van der Waals surface area (Å²) in [6.07, 6.45) is 64.5. The summed E-state index contributed by atoms with van der Waals surface area (Å²) in [7, 11) is 0. The van der Waals surface area contributed by atoms with Crippen LogP contribution >= 0.6 is 0 Å². The van der Waals surface area contributed by atoms with Crippen LogP contribution in [0.5, 0.6) is 0 Å². The van der Waals surface area contributed by atoms with Crippen molar-refractivity contribution in [2.75, 3.05) is 13.2 Å². The van der Waals surface area contributed by atoms with Crippen LogP contribution in [0.1, 0.15) is 290 Å². The third kappa shape index (κ3) is 49.4. The summed E-state index contributed by atoms with van der Waals surface area (Å²) in [5.41, 5.74) is 0. The summed E-state index contributed by atoms with van der Waals surface area (Å²) in [6.45, 7) is 4.86. The first kappa shape index (κ1) is 61.1. The van der Waals surface area contributed by atoms with E-state index in [1.54, 1.807) is 6.08 Å². The van der Waals surface area contributed by atoms with Gasteiger partial charge in [0.05, 0.1) is 25.4 Å². The molecule has 0 aliphatic rings. The Morgan fingerprint density at radius 2 is 0.746 bits per heavy atom. The fourth-order valence-corrected chi connectivity index (χ4v) is 8.33. The average Bonchev–Trinajstić information content (AvgIpc) is 3.28. The second kappa shape index (κ2) is 52.7. The number of carbonyl (C=O) groups excluding carboxylic acids is 2. The molecule has 0 aromatic rings. The van der Waals surface area contributed by atoms with Crippen molar-refractivity contribution in [1.29, 1.82) is 0 Å². The number of rotatable bonds is 51. The molecule has 2 unspecified atom stereocenters. The van der Waals surface area contributed by atoms with Crippen LogP contribution in [0.4, 0.5) is 0 Å². The first-order chi connectivity index (χ1) is 31.0. The van der Waals surface area contributed by atoms with E-state index in [1.807, 2.05) is 6.08 Å². The fraction of sp³-hybridized carbons (Fsp3) is 0.860. The van der Waals surface area contributed by atoms with Gasteiger partial charge < -0.3 is 20.3 Å². The van der Waals surface area contributed by atoms with Crippen LogP contribution in [-0.4, -0.2) is 47.4 Å². The molecule has 63 heavy (non-hydrogen) atoms. The zero-order chi connectivity index (χ0) is 45.8. The zero-order valence-electron chi connectivity index (χ0n) is 42.1. The molecule has 0 spiro atoms. The molecule has 2 atom stereocenters. The average molecular weight is 886 g/mol. The predicted molar refractivity (Wildman–Crippen MR) is 273 cm³/mol. The Hall–Kier alpha value is -1.92. The topological polar surface area (TPSA) is 95.9 Å². The van der Waals surface area contributed by atoms with Crippen molar-refractivity contribution in [1.82, 2.24) is 5.32 Å². The van der Waals surface area contributed by atoms with Gasteiger partial charge in [0.15, 0.2) is 0 Å². The number of carbonyl (C=O) groups is 2. The summed E-state index contributed by atoms with van der Waals surface area (Å²) in [5, 5.41) is 22.9. The summed E-state index contributed by atoms with van der Waals surface area (Å²) in [4.78, 5) is 24.4. The molecule has 6 heteroatoms. The minimum absolute atomic E-state index is 0.000735. The second-order valence-corrected chi connectivity index (χ2v) is 18.9. The molecule has 6 nitrogen and oxygen atoms in total. The van der Waals surface area contributed by atoms with E-state index < -0.39 is 12.1 Å². The van der Waals surface area contributed by atoms with Gasteiger partial charge in [0.25, 0.3) is 0 Å². The number of esters is 1. The molecule has 0 rings (SSSR count). The molecule has 3 N–H and O–H groups in total. The van der Waals surface area contributed by atoms with E-state index in [0.717, 1.165) is 51.4 Å². The van der Waals surface area contributed by atoms with Gasteiger partial charge in [-0.2, -0.15) is 0 Å². The highest BCUT2D eigenvalue weighted by atomic mass is 16.5. The predicted octanol–water partition coefficient (Wildman–Crippen LogP) is 16.9. The molecule has 0 saturated carbocycles. The lowest BCUT2D eigenvalue weighted by molar-refractivity contribution is -0.143. The highest BCUT2D eigenvalue weighted by Gasteiger charge is 2.18. The van der Waals surface area contributed by atoms with Crippen molar-refractivity contribution < 1.29 is 24.5 Å². The van der Waals surface area contributed by atoms with Gasteiger partial charge in [-0.1, -0.05) is 230 Å². The van der Waals surface area contributed by atoms with E-state index in [0.29, 0.717) is 19.4 Å². The van der Waals surface area contributed by atoms with E-state index in [9.17, 15) is 19.8 Å². The Bertz CT molecular complexity index is 1020. The van der Waals surface area contributed by atoms with Gasteiger partial charge in [0.1, 0.15) is 0 Å². The van der Waals surface area contributed by atoms with Gasteiger partial charge in [-0.25, -0.2) is 0 Å². The quantitative estimate of drug-likeness (QED) is 0.0321. The summed E-state index contributed by atoms with van der Waals surface area (Å²) < 4.78 is 5.48. The summed E-state index contributed by atoms with van der Waals surface area (Å²) in [5.74, 6) is -0.0808. The lowest BCUT2D eigenvalue weighted by atomic mass is 10.1. The lowest BCUT2D eigenvalue weighted by Gasteiger charge is -2.20. The van der Waals surface area contributed by atoms with Gasteiger partial charge in [-0.3, -0.25) is 9.59 Å². The Balaban J connectivity index is 3.43. The largest absolute Gasteiger partial charge is 0.466 e. The van der Waals surface area contributed by atoms with Gasteiger partial charge in [0.2, 0.25) is 5.91 Å². The lowest BCUT2D eigenvalue weighted by Crippen LogP contribution is -2.45. The number of hydrogen-bond donors (Lipinski definition) is 3. The molecule has 0 saturated heterocycles. The molecular formula is C57H107NO5. The minimum Gasteiger partial charge on any atom is -0.466 e. The maximum absolute atomic E-state index is 12.4. The van der Waals surface area contributed by atoms with E-state index in [1.165, 1.54) is 212 Å². The van der Waals surface area contributed by atoms with E-state index in [2.05, 4.69) is 43.5 Å². The van der Waals surface area contributed by atoms with Gasteiger partial charge in [0, 0.05) is 12.8 Å². The van der Waals surface area contributed by atoms with Gasteiger partial charge in [-0.15, -0.1) is 0 Å². The van der Waals surface area contributed by atoms with E-state index in [4.69, 9.17) is 4.74 Å². The minimum atomic E-state index is -0.849. The molecule has 0 fully saturated rings. The Morgan fingerprint density at radius 1 is 0.429 bits per heavy atom. The van der Waals surface area contributed by atoms with Crippen LogP contribution in [0.3, 0.4) is 0 Å². The van der Waals surface area contributed by atoms with Crippen LogP contribution < -0.4 is 5.32 Å². The standard InChI is InChI=1S/C57H107NO5/c1-3-5-7-9-11-13-15-16-17-21-25-28-31-35-39-43-47-51-57(62)63-52-48-44-40-36-32-29-26-23-20-18-19-22-24-27-30-34-38-42-46-50-56(61)58-54(53-59)55(60)49-45-41-37-33-14-12-10-8-6-4-2/h16-19,45,49,54-55,59-60H,3-15,20-44,46-48,50-53H2,1-2H3,(H,58,61)/b17-16-,19-18-,49-45+. The van der Waals surface area contributed by atoms with Crippen LogP contribution in [0.2, 0.25) is 0 Å². The Morgan fingerprint density at radius 3 is 1.13 bits per heavy atom. The smallest absolute Gasteiger partial charge is 0.305 e. The highest BCUT2D eigenvalue weighted by molar-refractivity contribution is 5.76. The van der Waals surface area contributed by atoms with Crippen LogP contribution in [0.15, 0.2) is 36.5 Å². The second-order valence-electron chi connectivity index (χ2n) is 18.9. The van der Waals surface area contributed by atoms with Crippen molar-refractivity contribution in [2.24, 2.45) is 0 Å². The maximum atomic E-state index is 12.4. The van der Waals surface area contributed by atoms with Crippen LogP contribution in [0.25, 0.3) is 0 Å². The van der Waals surface area contributed by atoms with E-state index in [-0.39, 0.29) is 18.5 Å². The Labute approximate surface area is 392 Å². The third-order valence-electron chi connectivity index (χ3n) is 12.6. The summed E-state index contributed by atoms with van der Waals surface area (Å²) in [6, 6.07) is -0.633. The number of aliphatic hydroxyl groups is 2. The number of unbranched alkanes of at least 4 members (excludes halogenated alkanes) is 36. The molecule has 0 aromatic heterocycles. The number of amides is 1. The Kier molecular flexibility index (Phi) is 51.1. The maximum Gasteiger partial charge on any atom is 0.305 e. The van der Waals surface area contributed by atoms with Crippen molar-refractivity contribution in [3.8, 4) is 0 Å². The van der Waals surface area contributed by atoms with Gasteiger partial charge in [-0.05, 0) is 83.5 Å². The first-order valence-electron chi connectivity index (χ1n) is 27.8. The monoisotopic (exact) mass is 886 g/mol. The first-order valence-corrected chi connectivity index (χ1v) is 27.8. The molecular weight excluding hydrogens is 779 g/mol. The van der Waals surface area contributed by atoms with Crippen molar-refractivity contribution in [2.45, 2.75) is 302 Å².